The highest BCUT2D eigenvalue weighted by Gasteiger charge is 2.37. The minimum atomic E-state index is -0.0301. The number of methoxy groups -OCH3 is 1. The predicted molar refractivity (Wildman–Crippen MR) is 115 cm³/mol. The second-order valence-electron chi connectivity index (χ2n) is 8.46. The molecule has 0 amide bonds. The number of aliphatic imine (C=N–C) groups is 1. The zero-order valence-corrected chi connectivity index (χ0v) is 18.1. The van der Waals surface area contributed by atoms with Crippen LogP contribution in [0.2, 0.25) is 0 Å². The largest absolute Gasteiger partial charge is 0.496 e. The van der Waals surface area contributed by atoms with E-state index < -0.39 is 0 Å². The van der Waals surface area contributed by atoms with E-state index in [0.717, 1.165) is 69.9 Å². The third-order valence-corrected chi connectivity index (χ3v) is 6.20. The fraction of sp³-hybridized carbons (Fsp3) is 0.696. The maximum absolute atomic E-state index is 5.75. The standard InChI is InChI=1S/C23H37N3O2/c1-5-24-22(26-12-6-7-19(3)16-26)25-17-23(10-13-28-14-11-23)20-15-18(2)8-9-21(20)27-4/h8-9,15,19H,5-7,10-14,16-17H2,1-4H3,(H,24,25). The summed E-state index contributed by atoms with van der Waals surface area (Å²) in [4.78, 5) is 7.61. The zero-order valence-electron chi connectivity index (χ0n) is 18.1. The Kier molecular flexibility index (Phi) is 7.22. The number of aryl methyl sites for hydroxylation is 1. The monoisotopic (exact) mass is 387 g/mol. The van der Waals surface area contributed by atoms with Crippen molar-refractivity contribution in [2.45, 2.75) is 51.9 Å². The van der Waals surface area contributed by atoms with E-state index in [-0.39, 0.29) is 5.41 Å². The predicted octanol–water partition coefficient (Wildman–Crippen LogP) is 3.75. The Balaban J connectivity index is 1.91. The van der Waals surface area contributed by atoms with Crippen LogP contribution in [0.25, 0.3) is 0 Å². The summed E-state index contributed by atoms with van der Waals surface area (Å²) < 4.78 is 11.5. The molecule has 2 saturated heterocycles. The number of benzene rings is 1. The number of hydrogen-bond donors (Lipinski definition) is 1. The number of guanidine groups is 1. The minimum absolute atomic E-state index is 0.0301. The van der Waals surface area contributed by atoms with Gasteiger partial charge in [0, 0.05) is 43.8 Å². The molecule has 5 heteroatoms. The molecule has 1 aromatic rings. The van der Waals surface area contributed by atoms with E-state index >= 15 is 0 Å². The SMILES string of the molecule is CCNC(=NCC1(c2cc(C)ccc2OC)CCOCC1)N1CCCC(C)C1. The van der Waals surface area contributed by atoms with Crippen LogP contribution in [-0.2, 0) is 10.2 Å². The van der Waals surface area contributed by atoms with Crippen molar-refractivity contribution >= 4 is 5.96 Å². The lowest BCUT2D eigenvalue weighted by Crippen LogP contribution is -2.47. The topological polar surface area (TPSA) is 46.1 Å². The van der Waals surface area contributed by atoms with Crippen molar-refractivity contribution in [3.63, 3.8) is 0 Å². The Hall–Kier alpha value is -1.75. The summed E-state index contributed by atoms with van der Waals surface area (Å²) in [6.45, 7) is 12.1. The zero-order chi connectivity index (χ0) is 20.0. The smallest absolute Gasteiger partial charge is 0.193 e. The van der Waals surface area contributed by atoms with Crippen molar-refractivity contribution in [1.82, 2.24) is 10.2 Å². The number of ether oxygens (including phenoxy) is 2. The van der Waals surface area contributed by atoms with Crippen LogP contribution in [-0.4, -0.2) is 57.4 Å². The van der Waals surface area contributed by atoms with Crippen molar-refractivity contribution < 1.29 is 9.47 Å². The molecule has 2 heterocycles. The van der Waals surface area contributed by atoms with Gasteiger partial charge < -0.3 is 19.7 Å². The molecule has 1 unspecified atom stereocenters. The molecule has 0 bridgehead atoms. The van der Waals surface area contributed by atoms with E-state index in [1.54, 1.807) is 7.11 Å². The van der Waals surface area contributed by atoms with Gasteiger partial charge in [0.2, 0.25) is 0 Å². The summed E-state index contributed by atoms with van der Waals surface area (Å²) in [6, 6.07) is 6.51. The van der Waals surface area contributed by atoms with Crippen LogP contribution in [0, 0.1) is 12.8 Å². The van der Waals surface area contributed by atoms with Gasteiger partial charge in [-0.25, -0.2) is 0 Å². The third-order valence-electron chi connectivity index (χ3n) is 6.20. The van der Waals surface area contributed by atoms with Gasteiger partial charge in [-0.3, -0.25) is 4.99 Å². The number of hydrogen-bond acceptors (Lipinski definition) is 3. The van der Waals surface area contributed by atoms with Gasteiger partial charge in [-0.1, -0.05) is 24.6 Å². The molecule has 0 saturated carbocycles. The van der Waals surface area contributed by atoms with Crippen LogP contribution >= 0.6 is 0 Å². The second-order valence-corrected chi connectivity index (χ2v) is 8.46. The first-order valence-corrected chi connectivity index (χ1v) is 10.8. The van der Waals surface area contributed by atoms with Crippen LogP contribution < -0.4 is 10.1 Å². The van der Waals surface area contributed by atoms with Gasteiger partial charge in [0.15, 0.2) is 5.96 Å². The van der Waals surface area contributed by atoms with Crippen LogP contribution in [0.1, 0.15) is 50.7 Å². The second kappa shape index (κ2) is 9.64. The molecule has 1 atom stereocenters. The Morgan fingerprint density at radius 1 is 1.36 bits per heavy atom. The summed E-state index contributed by atoms with van der Waals surface area (Å²) in [6.07, 6.45) is 4.52. The molecular weight excluding hydrogens is 350 g/mol. The molecule has 156 valence electrons. The van der Waals surface area contributed by atoms with Crippen molar-refractivity contribution in [1.29, 1.82) is 0 Å². The average Bonchev–Trinajstić information content (AvgIpc) is 2.72. The van der Waals surface area contributed by atoms with E-state index in [1.165, 1.54) is 24.0 Å². The molecule has 1 aromatic carbocycles. The number of nitrogens with one attached hydrogen (secondary N) is 1. The quantitative estimate of drug-likeness (QED) is 0.617. The van der Waals surface area contributed by atoms with Crippen LogP contribution in [0.15, 0.2) is 23.2 Å². The fourth-order valence-electron chi connectivity index (χ4n) is 4.54. The highest BCUT2D eigenvalue weighted by Crippen LogP contribution is 2.40. The van der Waals surface area contributed by atoms with Gasteiger partial charge in [-0.15, -0.1) is 0 Å². The summed E-state index contributed by atoms with van der Waals surface area (Å²) >= 11 is 0. The Morgan fingerprint density at radius 3 is 2.82 bits per heavy atom. The van der Waals surface area contributed by atoms with Crippen molar-refractivity contribution in [2.75, 3.05) is 46.5 Å². The first-order valence-electron chi connectivity index (χ1n) is 10.8. The lowest BCUT2D eigenvalue weighted by molar-refractivity contribution is 0.0521. The lowest BCUT2D eigenvalue weighted by Gasteiger charge is -2.39. The van der Waals surface area contributed by atoms with Gasteiger partial charge in [0.25, 0.3) is 0 Å². The summed E-state index contributed by atoms with van der Waals surface area (Å²) in [7, 11) is 1.77. The molecule has 28 heavy (non-hydrogen) atoms. The minimum Gasteiger partial charge on any atom is -0.496 e. The van der Waals surface area contributed by atoms with E-state index in [9.17, 15) is 0 Å². The lowest BCUT2D eigenvalue weighted by atomic mass is 9.73. The molecule has 0 radical (unpaired) electrons. The molecule has 0 aromatic heterocycles. The van der Waals surface area contributed by atoms with Gasteiger partial charge >= 0.3 is 0 Å². The molecule has 5 nitrogen and oxygen atoms in total. The average molecular weight is 388 g/mol. The Labute approximate surface area is 170 Å². The number of rotatable bonds is 5. The van der Waals surface area contributed by atoms with Crippen molar-refractivity contribution in [3.8, 4) is 5.75 Å². The third kappa shape index (κ3) is 4.80. The number of piperidine rings is 1. The van der Waals surface area contributed by atoms with Crippen LogP contribution in [0.3, 0.4) is 0 Å². The van der Waals surface area contributed by atoms with Crippen LogP contribution in [0.5, 0.6) is 5.75 Å². The highest BCUT2D eigenvalue weighted by molar-refractivity contribution is 5.80. The first kappa shape index (κ1) is 21.0. The van der Waals surface area contributed by atoms with E-state index in [0.29, 0.717) is 0 Å². The molecule has 0 spiro atoms. The Bertz CT molecular complexity index is 668. The fourth-order valence-corrected chi connectivity index (χ4v) is 4.54. The molecule has 1 N–H and O–H groups in total. The normalized spacial score (nSPS) is 22.8. The van der Waals surface area contributed by atoms with Crippen LogP contribution in [0.4, 0.5) is 0 Å². The molecular formula is C23H37N3O2. The van der Waals surface area contributed by atoms with Gasteiger partial charge in [-0.2, -0.15) is 0 Å². The Morgan fingerprint density at radius 2 is 2.14 bits per heavy atom. The molecule has 3 rings (SSSR count). The molecule has 2 aliphatic rings. The molecule has 2 aliphatic heterocycles. The summed E-state index contributed by atoms with van der Waals surface area (Å²) in [5.74, 6) is 2.76. The maximum atomic E-state index is 5.75. The van der Waals surface area contributed by atoms with Gasteiger partial charge in [-0.05, 0) is 51.5 Å². The summed E-state index contributed by atoms with van der Waals surface area (Å²) in [5, 5.41) is 3.53. The molecule has 2 fully saturated rings. The maximum Gasteiger partial charge on any atom is 0.193 e. The van der Waals surface area contributed by atoms with E-state index in [2.05, 4.69) is 49.2 Å². The van der Waals surface area contributed by atoms with Crippen molar-refractivity contribution in [2.24, 2.45) is 10.9 Å². The van der Waals surface area contributed by atoms with Gasteiger partial charge in [0.1, 0.15) is 5.75 Å². The molecule has 0 aliphatic carbocycles. The van der Waals surface area contributed by atoms with E-state index in [1.807, 2.05) is 0 Å². The number of likely N-dealkylation sites (tertiary alicyclic amines) is 1. The van der Waals surface area contributed by atoms with Gasteiger partial charge in [0.05, 0.1) is 13.7 Å². The first-order chi connectivity index (χ1) is 13.6. The number of nitrogens with zero attached hydrogens (tertiary/aromatic N) is 2. The van der Waals surface area contributed by atoms with Crippen molar-refractivity contribution in [3.05, 3.63) is 29.3 Å². The van der Waals surface area contributed by atoms with E-state index in [4.69, 9.17) is 14.5 Å². The summed E-state index contributed by atoms with van der Waals surface area (Å²) in [5.41, 5.74) is 2.52. The highest BCUT2D eigenvalue weighted by atomic mass is 16.5.